The molecule has 4 rings (SSSR count). The zero-order chi connectivity index (χ0) is 25.0. The van der Waals surface area contributed by atoms with E-state index in [0.717, 1.165) is 50.2 Å². The predicted octanol–water partition coefficient (Wildman–Crippen LogP) is 9.06. The lowest BCUT2D eigenvalue weighted by atomic mass is 9.88. The molecule has 1 aromatic heterocycles. The number of aromatic nitrogens is 1. The van der Waals surface area contributed by atoms with Crippen LogP contribution < -0.4 is 4.74 Å². The molecule has 0 N–H and O–H groups in total. The summed E-state index contributed by atoms with van der Waals surface area (Å²) in [4.78, 5) is 4.40. The molecule has 0 saturated heterocycles. The van der Waals surface area contributed by atoms with Crippen molar-refractivity contribution < 1.29 is 4.74 Å². The van der Waals surface area contributed by atoms with Gasteiger partial charge >= 0.3 is 0 Å². The Morgan fingerprint density at radius 3 is 2.00 bits per heavy atom. The van der Waals surface area contributed by atoms with E-state index in [4.69, 9.17) is 17.4 Å². The van der Waals surface area contributed by atoms with Gasteiger partial charge in [-0.2, -0.15) is 12.6 Å². The van der Waals surface area contributed by atoms with Gasteiger partial charge in [0.2, 0.25) is 0 Å². The molecule has 184 valence electrons. The molecule has 3 heteroatoms. The Hall–Kier alpha value is -3.30. The first-order chi connectivity index (χ1) is 17.8. The first-order valence-electron chi connectivity index (χ1n) is 12.9. The monoisotopic (exact) mass is 493 g/mol. The molecule has 0 aliphatic carbocycles. The van der Waals surface area contributed by atoms with Crippen LogP contribution in [-0.2, 0) is 0 Å². The molecule has 36 heavy (non-hydrogen) atoms. The number of hydrogen-bond acceptors (Lipinski definition) is 3. The second-order valence-corrected chi connectivity index (χ2v) is 9.56. The molecule has 0 amide bonds. The number of ether oxygens (including phenoxy) is 1. The average molecular weight is 494 g/mol. The highest BCUT2D eigenvalue weighted by Gasteiger charge is 2.13. The molecule has 1 atom stereocenters. The summed E-state index contributed by atoms with van der Waals surface area (Å²) in [6.07, 6.45) is 7.11. The van der Waals surface area contributed by atoms with Gasteiger partial charge in [-0.05, 0) is 71.4 Å². The maximum Gasteiger partial charge on any atom is 0.119 e. The lowest BCUT2D eigenvalue weighted by molar-refractivity contribution is 0.304. The van der Waals surface area contributed by atoms with Crippen molar-refractivity contribution in [1.29, 1.82) is 0 Å². The zero-order valence-electron chi connectivity index (χ0n) is 21.0. The van der Waals surface area contributed by atoms with Crippen molar-refractivity contribution in [1.82, 2.24) is 4.98 Å². The Kier molecular flexibility index (Phi) is 9.81. The van der Waals surface area contributed by atoms with E-state index in [9.17, 15) is 0 Å². The van der Waals surface area contributed by atoms with E-state index in [1.165, 1.54) is 27.8 Å². The molecule has 0 fully saturated rings. The van der Waals surface area contributed by atoms with E-state index in [-0.39, 0.29) is 5.25 Å². The summed E-state index contributed by atoms with van der Waals surface area (Å²) in [5, 5.41) is 0.204. The zero-order valence-corrected chi connectivity index (χ0v) is 21.9. The van der Waals surface area contributed by atoms with E-state index in [2.05, 4.69) is 96.8 Å². The topological polar surface area (TPSA) is 22.1 Å². The normalized spacial score (nSPS) is 12.6. The molecule has 1 unspecified atom stereocenters. The van der Waals surface area contributed by atoms with Crippen LogP contribution in [0.5, 0.6) is 5.75 Å². The van der Waals surface area contributed by atoms with Gasteiger partial charge in [-0.25, -0.2) is 0 Å². The minimum atomic E-state index is 0.204. The molecule has 2 nitrogen and oxygen atoms in total. The standard InChI is InChI=1S/C33H35NOS/c1-2-30(26-14-6-3-7-15-26)33(27-16-8-4-9-17-27)28-20-22-29(23-21-28)35-25-13-5-10-19-32(36)31-18-11-12-24-34-31/h3-4,6-9,11-12,14-18,20-24,32,36H,2,5,10,13,19,25H2,1H3/b33-30-. The highest BCUT2D eigenvalue weighted by molar-refractivity contribution is 7.80. The number of rotatable bonds is 12. The Bertz CT molecular complexity index is 1210. The molecule has 1 heterocycles. The largest absolute Gasteiger partial charge is 0.494 e. The van der Waals surface area contributed by atoms with Gasteiger partial charge in [0.05, 0.1) is 12.3 Å². The molecular formula is C33H35NOS. The second-order valence-electron chi connectivity index (χ2n) is 8.93. The fourth-order valence-electron chi connectivity index (χ4n) is 4.53. The third-order valence-electron chi connectivity index (χ3n) is 6.40. The van der Waals surface area contributed by atoms with Crippen molar-refractivity contribution in [3.8, 4) is 5.75 Å². The summed E-state index contributed by atoms with van der Waals surface area (Å²) >= 11 is 4.70. The van der Waals surface area contributed by atoms with E-state index in [1.54, 1.807) is 0 Å². The molecular weight excluding hydrogens is 458 g/mol. The fourth-order valence-corrected chi connectivity index (χ4v) is 4.87. The Balaban J connectivity index is 1.37. The lowest BCUT2D eigenvalue weighted by Crippen LogP contribution is -1.99. The molecule has 3 aromatic carbocycles. The average Bonchev–Trinajstić information content (AvgIpc) is 2.95. The minimum Gasteiger partial charge on any atom is -0.494 e. The number of unbranched alkanes of at least 4 members (excludes halogenated alkanes) is 2. The van der Waals surface area contributed by atoms with Crippen LogP contribution in [0, 0.1) is 0 Å². The van der Waals surface area contributed by atoms with Crippen molar-refractivity contribution in [3.63, 3.8) is 0 Å². The van der Waals surface area contributed by atoms with Gasteiger partial charge in [0.1, 0.15) is 5.75 Å². The van der Waals surface area contributed by atoms with E-state index in [1.807, 2.05) is 24.4 Å². The summed E-state index contributed by atoms with van der Waals surface area (Å²) in [5.74, 6) is 0.921. The van der Waals surface area contributed by atoms with Crippen LogP contribution >= 0.6 is 12.6 Å². The van der Waals surface area contributed by atoms with Crippen LogP contribution in [0.2, 0.25) is 0 Å². The first kappa shape index (κ1) is 25.8. The van der Waals surface area contributed by atoms with Crippen LogP contribution in [0.3, 0.4) is 0 Å². The van der Waals surface area contributed by atoms with E-state index < -0.39 is 0 Å². The SMILES string of the molecule is CC/C(=C(\c1ccccc1)c1ccc(OCCCCCC(S)c2ccccn2)cc1)c1ccccc1. The summed E-state index contributed by atoms with van der Waals surface area (Å²) in [6.45, 7) is 2.96. The van der Waals surface area contributed by atoms with Crippen molar-refractivity contribution in [2.24, 2.45) is 0 Å². The van der Waals surface area contributed by atoms with Crippen LogP contribution in [0.4, 0.5) is 0 Å². The van der Waals surface area contributed by atoms with Gasteiger partial charge in [0, 0.05) is 11.4 Å². The molecule has 0 aliphatic heterocycles. The fraction of sp³-hybridized carbons (Fsp3) is 0.242. The van der Waals surface area contributed by atoms with Crippen LogP contribution in [0.25, 0.3) is 11.1 Å². The van der Waals surface area contributed by atoms with Gasteiger partial charge < -0.3 is 4.74 Å². The summed E-state index contributed by atoms with van der Waals surface area (Å²) < 4.78 is 6.06. The van der Waals surface area contributed by atoms with Crippen molar-refractivity contribution in [3.05, 3.63) is 132 Å². The van der Waals surface area contributed by atoms with Gasteiger partial charge in [0.25, 0.3) is 0 Å². The van der Waals surface area contributed by atoms with E-state index in [0.29, 0.717) is 0 Å². The smallest absolute Gasteiger partial charge is 0.119 e. The van der Waals surface area contributed by atoms with Gasteiger partial charge in [-0.15, -0.1) is 0 Å². The van der Waals surface area contributed by atoms with Crippen LogP contribution in [0.15, 0.2) is 109 Å². The molecule has 0 radical (unpaired) electrons. The number of pyridine rings is 1. The predicted molar refractivity (Wildman–Crippen MR) is 155 cm³/mol. The van der Waals surface area contributed by atoms with Crippen molar-refractivity contribution in [2.45, 2.75) is 44.3 Å². The molecule has 0 bridgehead atoms. The number of nitrogens with zero attached hydrogens (tertiary/aromatic N) is 1. The van der Waals surface area contributed by atoms with Gasteiger partial charge in [-0.3, -0.25) is 4.98 Å². The Morgan fingerprint density at radius 2 is 1.36 bits per heavy atom. The number of hydrogen-bond donors (Lipinski definition) is 1. The maximum atomic E-state index is 6.06. The van der Waals surface area contributed by atoms with E-state index >= 15 is 0 Å². The Labute approximate surface area is 221 Å². The molecule has 0 spiro atoms. The third kappa shape index (κ3) is 7.11. The molecule has 4 aromatic rings. The molecule has 0 saturated carbocycles. The van der Waals surface area contributed by atoms with Crippen LogP contribution in [0.1, 0.15) is 66.7 Å². The summed E-state index contributed by atoms with van der Waals surface area (Å²) in [5.41, 5.74) is 7.41. The van der Waals surface area contributed by atoms with Crippen LogP contribution in [-0.4, -0.2) is 11.6 Å². The number of allylic oxidation sites excluding steroid dienone is 1. The highest BCUT2D eigenvalue weighted by Crippen LogP contribution is 2.35. The Morgan fingerprint density at radius 1 is 0.722 bits per heavy atom. The highest BCUT2D eigenvalue weighted by atomic mass is 32.1. The third-order valence-corrected chi connectivity index (χ3v) is 6.93. The van der Waals surface area contributed by atoms with Crippen molar-refractivity contribution >= 4 is 23.8 Å². The van der Waals surface area contributed by atoms with Crippen molar-refractivity contribution in [2.75, 3.05) is 6.61 Å². The second kappa shape index (κ2) is 13.7. The summed E-state index contributed by atoms with van der Waals surface area (Å²) in [7, 11) is 0. The van der Waals surface area contributed by atoms with Gasteiger partial charge in [0.15, 0.2) is 0 Å². The lowest BCUT2D eigenvalue weighted by Gasteiger charge is -2.17. The minimum absolute atomic E-state index is 0.204. The molecule has 0 aliphatic rings. The number of thiol groups is 1. The number of benzene rings is 3. The summed E-state index contributed by atoms with van der Waals surface area (Å²) in [6, 6.07) is 36.0. The van der Waals surface area contributed by atoms with Gasteiger partial charge in [-0.1, -0.05) is 98.6 Å². The first-order valence-corrected chi connectivity index (χ1v) is 13.4. The maximum absolute atomic E-state index is 6.06. The quantitative estimate of drug-likeness (QED) is 0.121.